The number of aromatic amines is 1. The maximum atomic E-state index is 13.9. The van der Waals surface area contributed by atoms with Crippen molar-refractivity contribution in [3.8, 4) is 11.8 Å². The van der Waals surface area contributed by atoms with Gasteiger partial charge in [-0.25, -0.2) is 4.39 Å². The van der Waals surface area contributed by atoms with Crippen LogP contribution in [0.4, 0.5) is 4.39 Å². The van der Waals surface area contributed by atoms with E-state index < -0.39 is 0 Å². The van der Waals surface area contributed by atoms with Crippen molar-refractivity contribution in [1.82, 2.24) is 4.98 Å². The lowest BCUT2D eigenvalue weighted by molar-refractivity contribution is 0.305. The largest absolute Gasteiger partial charge is 0.488 e. The number of aromatic nitrogens is 1. The van der Waals surface area contributed by atoms with Gasteiger partial charge in [0, 0.05) is 39.4 Å². The molecule has 5 rings (SSSR count). The van der Waals surface area contributed by atoms with Crippen LogP contribution in [0.3, 0.4) is 0 Å². The summed E-state index contributed by atoms with van der Waals surface area (Å²) in [5, 5.41) is 10.9. The van der Waals surface area contributed by atoms with Crippen LogP contribution in [-0.2, 0) is 19.4 Å². The number of nitrogens with zero attached hydrogens (tertiary/aromatic N) is 1. The third kappa shape index (κ3) is 3.81. The minimum Gasteiger partial charge on any atom is -0.488 e. The highest BCUT2D eigenvalue weighted by Crippen LogP contribution is 2.39. The third-order valence-electron chi connectivity index (χ3n) is 6.36. The molecule has 0 atom stereocenters. The predicted octanol–water partition coefficient (Wildman–Crippen LogP) is 7.09. The van der Waals surface area contributed by atoms with Gasteiger partial charge in [0.05, 0.1) is 6.07 Å². The van der Waals surface area contributed by atoms with Gasteiger partial charge in [0.15, 0.2) is 0 Å². The molecule has 4 heteroatoms. The van der Waals surface area contributed by atoms with Crippen molar-refractivity contribution in [3.05, 3.63) is 106 Å². The molecule has 1 aliphatic rings. The molecule has 0 saturated heterocycles. The molecule has 0 unspecified atom stereocenters. The number of ether oxygens (including phenoxy) is 1. The average molecular weight is 437 g/mol. The lowest BCUT2D eigenvalue weighted by atomic mass is 9.89. The molecule has 0 aliphatic carbocycles. The number of halogens is 1. The monoisotopic (exact) mass is 436 g/mol. The highest BCUT2D eigenvalue weighted by molar-refractivity contribution is 5.89. The van der Waals surface area contributed by atoms with Crippen LogP contribution in [0.5, 0.6) is 5.75 Å². The minimum absolute atomic E-state index is 0.331. The van der Waals surface area contributed by atoms with Gasteiger partial charge in [-0.2, -0.15) is 5.26 Å². The summed E-state index contributed by atoms with van der Waals surface area (Å²) in [6, 6.07) is 21.6. The first kappa shape index (κ1) is 21.0. The highest BCUT2D eigenvalue weighted by atomic mass is 19.1. The zero-order valence-corrected chi connectivity index (χ0v) is 18.8. The zero-order chi connectivity index (χ0) is 22.9. The smallest absolute Gasteiger partial charge is 0.130 e. The summed E-state index contributed by atoms with van der Waals surface area (Å²) < 4.78 is 19.9. The molecule has 4 aromatic rings. The Morgan fingerprint density at radius 1 is 1.09 bits per heavy atom. The van der Waals surface area contributed by atoms with Crippen LogP contribution < -0.4 is 4.74 Å². The van der Waals surface area contributed by atoms with Crippen LogP contribution in [0.1, 0.15) is 53.8 Å². The maximum Gasteiger partial charge on any atom is 0.130 e. The van der Waals surface area contributed by atoms with E-state index in [0.29, 0.717) is 17.9 Å². The number of nitrogens with one attached hydrogen (secondary N) is 1. The van der Waals surface area contributed by atoms with Crippen molar-refractivity contribution in [3.63, 3.8) is 0 Å². The van der Waals surface area contributed by atoms with Gasteiger partial charge in [-0.05, 0) is 60.2 Å². The molecule has 3 aromatic carbocycles. The zero-order valence-electron chi connectivity index (χ0n) is 18.8. The first-order valence-electron chi connectivity index (χ1n) is 11.3. The van der Waals surface area contributed by atoms with E-state index >= 15 is 0 Å². The Balaban J connectivity index is 1.60. The molecule has 0 amide bonds. The minimum atomic E-state index is -0.350. The van der Waals surface area contributed by atoms with Gasteiger partial charge in [0.2, 0.25) is 0 Å². The summed E-state index contributed by atoms with van der Waals surface area (Å²) in [5.74, 6) is 0.122. The van der Waals surface area contributed by atoms with E-state index in [2.05, 4.69) is 60.4 Å². The van der Waals surface area contributed by atoms with E-state index in [-0.39, 0.29) is 5.82 Å². The lowest BCUT2D eigenvalue weighted by Gasteiger charge is -2.13. The molecule has 0 spiro atoms. The number of hydrogen-bond donors (Lipinski definition) is 1. The Hall–Kier alpha value is -3.84. The van der Waals surface area contributed by atoms with E-state index in [1.165, 1.54) is 39.9 Å². The second kappa shape index (κ2) is 8.60. The second-order valence-corrected chi connectivity index (χ2v) is 8.59. The van der Waals surface area contributed by atoms with Crippen LogP contribution in [0.25, 0.3) is 16.5 Å². The van der Waals surface area contributed by atoms with Crippen LogP contribution in [-0.4, -0.2) is 4.98 Å². The number of nitriles is 1. The fourth-order valence-electron chi connectivity index (χ4n) is 4.83. The molecule has 0 bridgehead atoms. The number of H-pyrrole nitrogens is 1. The van der Waals surface area contributed by atoms with Gasteiger partial charge in [-0.1, -0.05) is 49.7 Å². The fourth-order valence-corrected chi connectivity index (χ4v) is 4.83. The van der Waals surface area contributed by atoms with Crippen LogP contribution in [0, 0.1) is 17.1 Å². The summed E-state index contributed by atoms with van der Waals surface area (Å²) >= 11 is 0. The van der Waals surface area contributed by atoms with Crippen LogP contribution in [0.15, 0.2) is 66.2 Å². The molecule has 0 saturated carbocycles. The average Bonchev–Trinajstić information content (AvgIpc) is 3.07. The normalized spacial score (nSPS) is 14.1. The van der Waals surface area contributed by atoms with Gasteiger partial charge in [-0.15, -0.1) is 0 Å². The maximum absolute atomic E-state index is 13.9. The molecule has 0 fully saturated rings. The number of para-hydroxylation sites is 1. The van der Waals surface area contributed by atoms with Gasteiger partial charge in [0.25, 0.3) is 0 Å². The second-order valence-electron chi connectivity index (χ2n) is 8.59. The first-order valence-corrected chi connectivity index (χ1v) is 11.3. The van der Waals surface area contributed by atoms with Gasteiger partial charge < -0.3 is 9.72 Å². The Kier molecular flexibility index (Phi) is 5.48. The molecular weight excluding hydrogens is 411 g/mol. The topological polar surface area (TPSA) is 48.8 Å². The Bertz CT molecular complexity index is 1440. The Morgan fingerprint density at radius 2 is 1.91 bits per heavy atom. The SMILES string of the molecule is CCCc1[nH]c2ccccc2c1Cc1ccc2c(c1)COc1cc(F)ccc1C2=C(C)C#N. The summed E-state index contributed by atoms with van der Waals surface area (Å²) in [6.07, 6.45) is 2.89. The van der Waals surface area contributed by atoms with Crippen molar-refractivity contribution in [1.29, 1.82) is 5.26 Å². The molecule has 1 aliphatic heterocycles. The van der Waals surface area contributed by atoms with Crippen molar-refractivity contribution >= 4 is 16.5 Å². The lowest BCUT2D eigenvalue weighted by Crippen LogP contribution is -2.00. The van der Waals surface area contributed by atoms with E-state index in [1.54, 1.807) is 13.0 Å². The number of fused-ring (bicyclic) bond motifs is 3. The van der Waals surface area contributed by atoms with E-state index in [0.717, 1.165) is 41.5 Å². The number of rotatable bonds is 4. The number of allylic oxidation sites excluding steroid dienone is 1. The quantitative estimate of drug-likeness (QED) is 0.347. The molecule has 0 radical (unpaired) electrons. The van der Waals surface area contributed by atoms with Gasteiger partial charge >= 0.3 is 0 Å². The fraction of sp³-hybridized carbons (Fsp3) is 0.207. The van der Waals surface area contributed by atoms with Crippen LogP contribution in [0.2, 0.25) is 0 Å². The number of hydrogen-bond acceptors (Lipinski definition) is 2. The first-order chi connectivity index (χ1) is 16.1. The van der Waals surface area contributed by atoms with Crippen LogP contribution >= 0.6 is 0 Å². The molecule has 33 heavy (non-hydrogen) atoms. The molecule has 3 nitrogen and oxygen atoms in total. The van der Waals surface area contributed by atoms with Crippen molar-refractivity contribution < 1.29 is 9.13 Å². The Labute approximate surface area is 193 Å². The molecular formula is C29H25FN2O. The number of benzene rings is 3. The summed E-state index contributed by atoms with van der Waals surface area (Å²) in [7, 11) is 0. The third-order valence-corrected chi connectivity index (χ3v) is 6.36. The summed E-state index contributed by atoms with van der Waals surface area (Å²) in [6.45, 7) is 4.33. The number of aryl methyl sites for hydroxylation is 1. The van der Waals surface area contributed by atoms with Crippen molar-refractivity contribution in [2.24, 2.45) is 0 Å². The van der Waals surface area contributed by atoms with Crippen molar-refractivity contribution in [2.75, 3.05) is 0 Å². The van der Waals surface area contributed by atoms with E-state index in [4.69, 9.17) is 4.74 Å². The Morgan fingerprint density at radius 3 is 2.73 bits per heavy atom. The summed E-state index contributed by atoms with van der Waals surface area (Å²) in [5.41, 5.74) is 9.09. The molecule has 164 valence electrons. The van der Waals surface area contributed by atoms with Crippen molar-refractivity contribution in [2.45, 2.75) is 39.7 Å². The highest BCUT2D eigenvalue weighted by Gasteiger charge is 2.22. The van der Waals surface area contributed by atoms with E-state index in [1.807, 2.05) is 0 Å². The summed E-state index contributed by atoms with van der Waals surface area (Å²) in [4.78, 5) is 3.60. The molecule has 2 heterocycles. The standard InChI is InChI=1S/C29H25FN2O/c1-3-6-26-25(23-7-4-5-8-27(23)32-26)14-19-9-11-22-20(13-19)17-33-28-15-21(30)10-12-24(28)29(22)18(2)16-31/h4-5,7-13,15,32H,3,6,14,17H2,1-2H3. The van der Waals surface area contributed by atoms with E-state index in [9.17, 15) is 9.65 Å². The van der Waals surface area contributed by atoms with Gasteiger partial charge in [0.1, 0.15) is 18.2 Å². The predicted molar refractivity (Wildman–Crippen MR) is 130 cm³/mol. The molecule has 1 N–H and O–H groups in total. The van der Waals surface area contributed by atoms with Gasteiger partial charge in [-0.3, -0.25) is 0 Å². The molecule has 1 aromatic heterocycles.